The number of hydrogen-bond donors (Lipinski definition) is 2. The van der Waals surface area contributed by atoms with E-state index in [0.717, 1.165) is 17.9 Å². The van der Waals surface area contributed by atoms with Crippen LogP contribution < -0.4 is 15.8 Å². The molecule has 19 heavy (non-hydrogen) atoms. The van der Waals surface area contributed by atoms with Crippen LogP contribution in [0.4, 0.5) is 5.69 Å². The number of ether oxygens (including phenoxy) is 1. The number of rotatable bonds is 6. The quantitative estimate of drug-likeness (QED) is 0.830. The van der Waals surface area contributed by atoms with Gasteiger partial charge in [0, 0.05) is 5.69 Å². The highest BCUT2D eigenvalue weighted by atomic mass is 16.5. The van der Waals surface area contributed by atoms with Crippen LogP contribution in [0.25, 0.3) is 0 Å². The van der Waals surface area contributed by atoms with Gasteiger partial charge in [-0.05, 0) is 44.0 Å². The summed E-state index contributed by atoms with van der Waals surface area (Å²) in [5.74, 6) is 0.814. The molecular weight excluding hydrogens is 240 g/mol. The summed E-state index contributed by atoms with van der Waals surface area (Å²) in [7, 11) is 0. The molecular formula is C15H24N2O2. The van der Waals surface area contributed by atoms with Crippen molar-refractivity contribution in [3.8, 4) is 5.75 Å². The highest BCUT2D eigenvalue weighted by molar-refractivity contribution is 5.94. The Labute approximate surface area is 115 Å². The predicted molar refractivity (Wildman–Crippen MR) is 78.3 cm³/mol. The minimum atomic E-state index is -0.475. The Morgan fingerprint density at radius 1 is 1.26 bits per heavy atom. The van der Waals surface area contributed by atoms with Crippen LogP contribution in [-0.4, -0.2) is 18.1 Å². The topological polar surface area (TPSA) is 64.4 Å². The molecule has 106 valence electrons. The highest BCUT2D eigenvalue weighted by Crippen LogP contribution is 2.17. The molecule has 0 aliphatic heterocycles. The van der Waals surface area contributed by atoms with Crippen LogP contribution >= 0.6 is 0 Å². The lowest BCUT2D eigenvalue weighted by atomic mass is 9.99. The van der Waals surface area contributed by atoms with Gasteiger partial charge < -0.3 is 15.8 Å². The molecule has 0 spiro atoms. The van der Waals surface area contributed by atoms with Gasteiger partial charge >= 0.3 is 0 Å². The van der Waals surface area contributed by atoms with Crippen LogP contribution in [0.15, 0.2) is 24.3 Å². The number of benzene rings is 1. The maximum absolute atomic E-state index is 11.9. The molecule has 0 aliphatic carbocycles. The molecule has 0 aromatic heterocycles. The predicted octanol–water partition coefficient (Wildman–Crippen LogP) is 2.79. The van der Waals surface area contributed by atoms with Gasteiger partial charge in [0.25, 0.3) is 0 Å². The number of nitrogens with two attached hydrogens (primary N) is 1. The second kappa shape index (κ2) is 7.14. The zero-order valence-electron chi connectivity index (χ0n) is 12.1. The average Bonchev–Trinajstić information content (AvgIpc) is 2.38. The number of carbonyl (C=O) groups excluding carboxylic acids is 1. The Kier molecular flexibility index (Phi) is 5.83. The number of hydrogen-bond acceptors (Lipinski definition) is 3. The third-order valence-corrected chi connectivity index (χ3v) is 3.05. The SMILES string of the molecule is CCC(C)[C@H](N)C(=O)Nc1ccc(OC(C)C)cc1. The van der Waals surface area contributed by atoms with E-state index in [-0.39, 0.29) is 17.9 Å². The summed E-state index contributed by atoms with van der Waals surface area (Å²) in [6.45, 7) is 7.95. The molecule has 0 aliphatic rings. The van der Waals surface area contributed by atoms with Crippen molar-refractivity contribution >= 4 is 11.6 Å². The van der Waals surface area contributed by atoms with Gasteiger partial charge in [-0.3, -0.25) is 4.79 Å². The summed E-state index contributed by atoms with van der Waals surface area (Å²) >= 11 is 0. The average molecular weight is 264 g/mol. The normalized spacial score (nSPS) is 14.0. The molecule has 0 fully saturated rings. The zero-order valence-corrected chi connectivity index (χ0v) is 12.1. The van der Waals surface area contributed by atoms with Crippen molar-refractivity contribution in [1.29, 1.82) is 0 Å². The van der Waals surface area contributed by atoms with Crippen molar-refractivity contribution in [1.82, 2.24) is 0 Å². The summed E-state index contributed by atoms with van der Waals surface area (Å²) in [6.07, 6.45) is 1.02. The van der Waals surface area contributed by atoms with Gasteiger partial charge in [-0.2, -0.15) is 0 Å². The van der Waals surface area contributed by atoms with Crippen molar-refractivity contribution in [2.24, 2.45) is 11.7 Å². The van der Waals surface area contributed by atoms with E-state index >= 15 is 0 Å². The largest absolute Gasteiger partial charge is 0.491 e. The first-order chi connectivity index (χ1) is 8.93. The molecule has 4 heteroatoms. The summed E-state index contributed by atoms with van der Waals surface area (Å²) < 4.78 is 5.54. The van der Waals surface area contributed by atoms with Gasteiger partial charge in [0.05, 0.1) is 12.1 Å². The second-order valence-corrected chi connectivity index (χ2v) is 5.09. The standard InChI is InChI=1S/C15H24N2O2/c1-5-11(4)14(16)15(18)17-12-6-8-13(9-7-12)19-10(2)3/h6-11,14H,5,16H2,1-4H3,(H,17,18)/t11?,14-/m0/s1. The van der Waals surface area contributed by atoms with Crippen LogP contribution in [0.2, 0.25) is 0 Å². The Bertz CT molecular complexity index is 401. The number of amides is 1. The third-order valence-electron chi connectivity index (χ3n) is 3.05. The van der Waals surface area contributed by atoms with Crippen LogP contribution in [0.1, 0.15) is 34.1 Å². The molecule has 1 aromatic carbocycles. The van der Waals surface area contributed by atoms with E-state index in [4.69, 9.17) is 10.5 Å². The Balaban J connectivity index is 2.60. The zero-order chi connectivity index (χ0) is 14.4. The first kappa shape index (κ1) is 15.5. The number of carbonyl (C=O) groups is 1. The first-order valence-electron chi connectivity index (χ1n) is 6.77. The third kappa shape index (κ3) is 4.91. The smallest absolute Gasteiger partial charge is 0.241 e. The van der Waals surface area contributed by atoms with Crippen molar-refractivity contribution in [3.63, 3.8) is 0 Å². The lowest BCUT2D eigenvalue weighted by Crippen LogP contribution is -2.40. The fourth-order valence-electron chi connectivity index (χ4n) is 1.63. The molecule has 1 aromatic rings. The highest BCUT2D eigenvalue weighted by Gasteiger charge is 2.19. The van der Waals surface area contributed by atoms with Crippen LogP contribution in [0.5, 0.6) is 5.75 Å². The van der Waals surface area contributed by atoms with Gasteiger partial charge in [0.15, 0.2) is 0 Å². The maximum Gasteiger partial charge on any atom is 0.241 e. The van der Waals surface area contributed by atoms with Crippen LogP contribution in [0, 0.1) is 5.92 Å². The Morgan fingerprint density at radius 3 is 2.32 bits per heavy atom. The fourth-order valence-corrected chi connectivity index (χ4v) is 1.63. The van der Waals surface area contributed by atoms with E-state index in [1.165, 1.54) is 0 Å². The molecule has 0 heterocycles. The molecule has 0 saturated carbocycles. The molecule has 1 amide bonds. The fraction of sp³-hybridized carbons (Fsp3) is 0.533. The number of anilines is 1. The van der Waals surface area contributed by atoms with E-state index < -0.39 is 6.04 Å². The minimum absolute atomic E-state index is 0.138. The Morgan fingerprint density at radius 2 is 1.84 bits per heavy atom. The molecule has 0 radical (unpaired) electrons. The summed E-state index contributed by atoms with van der Waals surface area (Å²) in [5.41, 5.74) is 6.61. The van der Waals surface area contributed by atoms with Gasteiger partial charge in [0.2, 0.25) is 5.91 Å². The monoisotopic (exact) mass is 264 g/mol. The van der Waals surface area contributed by atoms with Crippen LogP contribution in [0.3, 0.4) is 0 Å². The summed E-state index contributed by atoms with van der Waals surface area (Å²) in [5, 5.41) is 2.82. The van der Waals surface area contributed by atoms with E-state index in [1.807, 2.05) is 52.0 Å². The van der Waals surface area contributed by atoms with Crippen molar-refractivity contribution in [3.05, 3.63) is 24.3 Å². The Hall–Kier alpha value is -1.55. The molecule has 2 atom stereocenters. The van der Waals surface area contributed by atoms with Crippen molar-refractivity contribution in [2.75, 3.05) is 5.32 Å². The molecule has 1 unspecified atom stereocenters. The van der Waals surface area contributed by atoms with Crippen LogP contribution in [-0.2, 0) is 4.79 Å². The minimum Gasteiger partial charge on any atom is -0.491 e. The molecule has 4 nitrogen and oxygen atoms in total. The first-order valence-corrected chi connectivity index (χ1v) is 6.77. The molecule has 0 bridgehead atoms. The maximum atomic E-state index is 11.9. The molecule has 1 rings (SSSR count). The molecule has 0 saturated heterocycles. The summed E-state index contributed by atoms with van der Waals surface area (Å²) in [6, 6.07) is 6.84. The van der Waals surface area contributed by atoms with Gasteiger partial charge in [-0.1, -0.05) is 20.3 Å². The lowest BCUT2D eigenvalue weighted by molar-refractivity contribution is -0.118. The van der Waals surface area contributed by atoms with E-state index in [1.54, 1.807) is 0 Å². The lowest BCUT2D eigenvalue weighted by Gasteiger charge is -2.18. The van der Waals surface area contributed by atoms with Crippen molar-refractivity contribution < 1.29 is 9.53 Å². The number of nitrogens with one attached hydrogen (secondary N) is 1. The molecule has 3 N–H and O–H groups in total. The van der Waals surface area contributed by atoms with E-state index in [0.29, 0.717) is 0 Å². The van der Waals surface area contributed by atoms with E-state index in [2.05, 4.69) is 5.32 Å². The van der Waals surface area contributed by atoms with Gasteiger partial charge in [0.1, 0.15) is 5.75 Å². The van der Waals surface area contributed by atoms with Gasteiger partial charge in [-0.25, -0.2) is 0 Å². The van der Waals surface area contributed by atoms with Crippen molar-refractivity contribution in [2.45, 2.75) is 46.3 Å². The van der Waals surface area contributed by atoms with E-state index in [9.17, 15) is 4.79 Å². The summed E-state index contributed by atoms with van der Waals surface area (Å²) in [4.78, 5) is 11.9. The second-order valence-electron chi connectivity index (χ2n) is 5.09. The van der Waals surface area contributed by atoms with Gasteiger partial charge in [-0.15, -0.1) is 0 Å².